The van der Waals surface area contributed by atoms with Crippen molar-refractivity contribution in [1.29, 1.82) is 0 Å². The van der Waals surface area contributed by atoms with E-state index in [0.717, 1.165) is 27.6 Å². The van der Waals surface area contributed by atoms with Crippen molar-refractivity contribution in [3.63, 3.8) is 0 Å². The highest BCUT2D eigenvalue weighted by atomic mass is 35.5. The third kappa shape index (κ3) is 1.06. The molecule has 4 heteroatoms. The first-order valence-electron chi connectivity index (χ1n) is 4.25. The smallest absolute Gasteiger partial charge is 0.305 e. The molecule has 0 radical (unpaired) electrons. The summed E-state index contributed by atoms with van der Waals surface area (Å²) in [5.41, 5.74) is 3.30. The summed E-state index contributed by atoms with van der Waals surface area (Å²) in [6, 6.07) is 5.78. The molecule has 0 fully saturated rings. The minimum Gasteiger partial charge on any atom is -0.312 e. The SMILES string of the molecule is O=c1[nH]c2c(s1)Cc1cc(Cl)ccc1-2. The number of H-pyrrole nitrogens is 1. The Morgan fingerprint density at radius 1 is 1.43 bits per heavy atom. The Kier molecular flexibility index (Phi) is 1.60. The normalized spacial score (nSPS) is 12.6. The van der Waals surface area contributed by atoms with Crippen molar-refractivity contribution in [1.82, 2.24) is 4.98 Å². The average molecular weight is 224 g/mol. The third-order valence-corrected chi connectivity index (χ3v) is 3.53. The first kappa shape index (κ1) is 8.26. The van der Waals surface area contributed by atoms with Crippen molar-refractivity contribution in [3.8, 4) is 11.3 Å². The van der Waals surface area contributed by atoms with Crippen LogP contribution in [0.4, 0.5) is 0 Å². The molecule has 0 spiro atoms. The van der Waals surface area contributed by atoms with Gasteiger partial charge < -0.3 is 4.98 Å². The first-order valence-corrected chi connectivity index (χ1v) is 5.44. The number of rotatable bonds is 0. The Labute approximate surface area is 89.2 Å². The standard InChI is InChI=1S/C10H6ClNOS/c11-6-1-2-7-5(3-6)4-8-9(7)12-10(13)14-8/h1-3H,4H2,(H,12,13). The molecule has 70 valence electrons. The van der Waals surface area contributed by atoms with Gasteiger partial charge in [-0.25, -0.2) is 0 Å². The summed E-state index contributed by atoms with van der Waals surface area (Å²) >= 11 is 7.18. The first-order chi connectivity index (χ1) is 6.74. The quantitative estimate of drug-likeness (QED) is 0.625. The van der Waals surface area contributed by atoms with E-state index in [1.807, 2.05) is 18.2 Å². The molecule has 1 aromatic heterocycles. The van der Waals surface area contributed by atoms with E-state index in [1.54, 1.807) is 0 Å². The van der Waals surface area contributed by atoms with Crippen molar-refractivity contribution >= 4 is 22.9 Å². The summed E-state index contributed by atoms with van der Waals surface area (Å²) in [4.78, 5) is 15.1. The van der Waals surface area contributed by atoms with Crippen molar-refractivity contribution < 1.29 is 0 Å². The lowest BCUT2D eigenvalue weighted by molar-refractivity contribution is 1.30. The number of hydrogen-bond acceptors (Lipinski definition) is 2. The minimum atomic E-state index is 0.0237. The third-order valence-electron chi connectivity index (χ3n) is 2.41. The zero-order chi connectivity index (χ0) is 9.71. The summed E-state index contributed by atoms with van der Waals surface area (Å²) in [5, 5.41) is 0.751. The topological polar surface area (TPSA) is 32.9 Å². The number of aromatic amines is 1. The zero-order valence-corrected chi connectivity index (χ0v) is 8.71. The van der Waals surface area contributed by atoms with Gasteiger partial charge in [0.05, 0.1) is 5.69 Å². The highest BCUT2D eigenvalue weighted by Crippen LogP contribution is 2.37. The molecule has 2 nitrogen and oxygen atoms in total. The predicted octanol–water partition coefficient (Wildman–Crippen LogP) is 2.66. The summed E-state index contributed by atoms with van der Waals surface area (Å²) in [6.45, 7) is 0. The zero-order valence-electron chi connectivity index (χ0n) is 7.13. The van der Waals surface area contributed by atoms with Gasteiger partial charge in [0.2, 0.25) is 0 Å². The average Bonchev–Trinajstić information content (AvgIpc) is 2.59. The second-order valence-electron chi connectivity index (χ2n) is 3.29. The molecule has 0 aliphatic heterocycles. The van der Waals surface area contributed by atoms with Crippen molar-refractivity contribution in [3.05, 3.63) is 43.3 Å². The maximum absolute atomic E-state index is 11.1. The molecule has 0 unspecified atom stereocenters. The molecular weight excluding hydrogens is 218 g/mol. The lowest BCUT2D eigenvalue weighted by Gasteiger charge is -1.98. The lowest BCUT2D eigenvalue weighted by Crippen LogP contribution is -1.93. The molecule has 0 saturated carbocycles. The summed E-state index contributed by atoms with van der Waals surface area (Å²) in [5.74, 6) is 0. The number of fused-ring (bicyclic) bond motifs is 3. The number of thiazole rings is 1. The number of benzene rings is 1. The molecule has 0 saturated heterocycles. The highest BCUT2D eigenvalue weighted by molar-refractivity contribution is 7.09. The Morgan fingerprint density at radius 2 is 2.29 bits per heavy atom. The van der Waals surface area contributed by atoms with Gasteiger partial charge in [0.15, 0.2) is 0 Å². The molecule has 1 N–H and O–H groups in total. The largest absolute Gasteiger partial charge is 0.312 e. The molecule has 1 aromatic carbocycles. The lowest BCUT2D eigenvalue weighted by atomic mass is 10.1. The van der Waals surface area contributed by atoms with E-state index in [4.69, 9.17) is 11.6 Å². The van der Waals surface area contributed by atoms with Crippen LogP contribution in [0, 0.1) is 0 Å². The number of hydrogen-bond donors (Lipinski definition) is 1. The van der Waals surface area contributed by atoms with E-state index >= 15 is 0 Å². The van der Waals surface area contributed by atoms with Gasteiger partial charge in [-0.15, -0.1) is 0 Å². The summed E-state index contributed by atoms with van der Waals surface area (Å²) < 4.78 is 0. The van der Waals surface area contributed by atoms with Gasteiger partial charge in [0.1, 0.15) is 0 Å². The molecule has 0 bridgehead atoms. The van der Waals surface area contributed by atoms with Crippen LogP contribution < -0.4 is 4.87 Å². The van der Waals surface area contributed by atoms with Crippen LogP contribution in [0.25, 0.3) is 11.3 Å². The van der Waals surface area contributed by atoms with Gasteiger partial charge in [-0.1, -0.05) is 29.0 Å². The molecule has 0 atom stereocenters. The van der Waals surface area contributed by atoms with E-state index in [9.17, 15) is 4.79 Å². The van der Waals surface area contributed by atoms with Crippen molar-refractivity contribution in [2.75, 3.05) is 0 Å². The number of halogens is 1. The van der Waals surface area contributed by atoms with Crippen LogP contribution in [0.2, 0.25) is 5.02 Å². The molecule has 14 heavy (non-hydrogen) atoms. The molecule has 3 rings (SSSR count). The maximum atomic E-state index is 11.1. The van der Waals surface area contributed by atoms with Gasteiger partial charge in [0, 0.05) is 21.9 Å². The van der Waals surface area contributed by atoms with E-state index in [0.29, 0.717) is 0 Å². The van der Waals surface area contributed by atoms with Crippen molar-refractivity contribution in [2.24, 2.45) is 0 Å². The van der Waals surface area contributed by atoms with E-state index in [1.165, 1.54) is 16.9 Å². The Hall–Kier alpha value is -1.06. The fraction of sp³-hybridized carbons (Fsp3) is 0.100. The van der Waals surface area contributed by atoms with Gasteiger partial charge in [-0.2, -0.15) is 0 Å². The molecule has 1 aliphatic rings. The second-order valence-corrected chi connectivity index (χ2v) is 4.80. The minimum absolute atomic E-state index is 0.0237. The molecule has 1 aliphatic carbocycles. The van der Waals surface area contributed by atoms with Gasteiger partial charge >= 0.3 is 4.87 Å². The van der Waals surface area contributed by atoms with Crippen LogP contribution in [0.5, 0.6) is 0 Å². The predicted molar refractivity (Wildman–Crippen MR) is 58.2 cm³/mol. The summed E-state index contributed by atoms with van der Waals surface area (Å²) in [7, 11) is 0. The molecule has 2 aromatic rings. The van der Waals surface area contributed by atoms with E-state index < -0.39 is 0 Å². The fourth-order valence-corrected chi connectivity index (χ4v) is 2.89. The van der Waals surface area contributed by atoms with Crippen molar-refractivity contribution in [2.45, 2.75) is 6.42 Å². The van der Waals surface area contributed by atoms with Crippen LogP contribution in [-0.2, 0) is 6.42 Å². The molecular formula is C10H6ClNOS. The second kappa shape index (κ2) is 2.72. The van der Waals surface area contributed by atoms with Crippen LogP contribution in [0.15, 0.2) is 23.0 Å². The Balaban J connectivity index is 2.30. The highest BCUT2D eigenvalue weighted by Gasteiger charge is 2.21. The van der Waals surface area contributed by atoms with Gasteiger partial charge in [0.25, 0.3) is 0 Å². The van der Waals surface area contributed by atoms with Crippen LogP contribution in [-0.4, -0.2) is 4.98 Å². The molecule has 1 heterocycles. The van der Waals surface area contributed by atoms with E-state index in [2.05, 4.69) is 4.98 Å². The number of aromatic nitrogens is 1. The van der Waals surface area contributed by atoms with Crippen LogP contribution >= 0.6 is 22.9 Å². The fourth-order valence-electron chi connectivity index (χ4n) is 1.83. The van der Waals surface area contributed by atoms with E-state index in [-0.39, 0.29) is 4.87 Å². The maximum Gasteiger partial charge on any atom is 0.305 e. The van der Waals surface area contributed by atoms with Gasteiger partial charge in [-0.05, 0) is 17.7 Å². The van der Waals surface area contributed by atoms with Crippen LogP contribution in [0.3, 0.4) is 0 Å². The van der Waals surface area contributed by atoms with Crippen LogP contribution in [0.1, 0.15) is 10.4 Å². The Bertz CT molecular complexity index is 570. The monoisotopic (exact) mass is 223 g/mol. The van der Waals surface area contributed by atoms with Gasteiger partial charge in [-0.3, -0.25) is 4.79 Å². The number of nitrogens with one attached hydrogen (secondary N) is 1. The summed E-state index contributed by atoms with van der Waals surface area (Å²) in [6.07, 6.45) is 0.828. The molecule has 0 amide bonds. The Morgan fingerprint density at radius 3 is 3.14 bits per heavy atom.